The van der Waals surface area contributed by atoms with Crippen LogP contribution in [0.5, 0.6) is 0 Å². The highest BCUT2D eigenvalue weighted by atomic mass is 32.2. The van der Waals surface area contributed by atoms with E-state index in [1.165, 1.54) is 12.0 Å². The Morgan fingerprint density at radius 2 is 2.19 bits per heavy atom. The highest BCUT2D eigenvalue weighted by Gasteiger charge is 2.05. The van der Waals surface area contributed by atoms with Gasteiger partial charge in [0.1, 0.15) is 0 Å². The fourth-order valence-electron chi connectivity index (χ4n) is 1.29. The zero-order chi connectivity index (χ0) is 12.0. The second-order valence-electron chi connectivity index (χ2n) is 4.26. The molecule has 0 saturated heterocycles. The van der Waals surface area contributed by atoms with Crippen molar-refractivity contribution in [1.29, 1.82) is 0 Å². The highest BCUT2D eigenvalue weighted by Crippen LogP contribution is 2.22. The number of aromatic nitrogens is 1. The Bertz CT molecular complexity index is 315. The maximum absolute atomic E-state index is 4.40. The molecule has 3 heteroatoms. The predicted molar refractivity (Wildman–Crippen MR) is 71.9 cm³/mol. The Morgan fingerprint density at radius 1 is 1.44 bits per heavy atom. The fraction of sp³-hybridized carbons (Fsp3) is 0.615. The van der Waals surface area contributed by atoms with Gasteiger partial charge in [0, 0.05) is 18.0 Å². The van der Waals surface area contributed by atoms with Crippen molar-refractivity contribution < 1.29 is 0 Å². The summed E-state index contributed by atoms with van der Waals surface area (Å²) in [6.45, 7) is 6.68. The van der Waals surface area contributed by atoms with Crippen LogP contribution in [-0.2, 0) is 0 Å². The van der Waals surface area contributed by atoms with Gasteiger partial charge in [0.2, 0.25) is 0 Å². The molecular formula is C13H22N2S. The molecule has 2 unspecified atom stereocenters. The Morgan fingerprint density at radius 3 is 2.81 bits per heavy atom. The molecule has 0 aliphatic heterocycles. The first-order chi connectivity index (χ1) is 7.67. The van der Waals surface area contributed by atoms with Gasteiger partial charge >= 0.3 is 0 Å². The lowest BCUT2D eigenvalue weighted by molar-refractivity contribution is 0.635. The molecule has 0 spiro atoms. The molecule has 1 rings (SSSR count). The van der Waals surface area contributed by atoms with Crippen LogP contribution in [0.2, 0.25) is 0 Å². The second kappa shape index (κ2) is 6.92. The first-order valence-corrected chi connectivity index (χ1v) is 6.92. The van der Waals surface area contributed by atoms with Crippen molar-refractivity contribution in [1.82, 2.24) is 10.3 Å². The molecule has 1 heterocycles. The van der Waals surface area contributed by atoms with Crippen molar-refractivity contribution in [3.05, 3.63) is 23.9 Å². The lowest BCUT2D eigenvalue weighted by Gasteiger charge is -2.12. The molecule has 0 amide bonds. The normalized spacial score (nSPS) is 14.8. The van der Waals surface area contributed by atoms with E-state index in [0.29, 0.717) is 6.04 Å². The van der Waals surface area contributed by atoms with E-state index in [1.54, 1.807) is 0 Å². The highest BCUT2D eigenvalue weighted by molar-refractivity contribution is 7.99. The topological polar surface area (TPSA) is 24.9 Å². The zero-order valence-electron chi connectivity index (χ0n) is 10.7. The number of nitrogens with zero attached hydrogens (tertiary/aromatic N) is 1. The smallest absolute Gasteiger partial charge is 0.0963 e. The summed E-state index contributed by atoms with van der Waals surface area (Å²) >= 11 is 1.86. The SMILES string of the molecule is CCC(C)CSc1cc(C(C)NC)ccn1. The molecule has 0 fully saturated rings. The van der Waals surface area contributed by atoms with Crippen molar-refractivity contribution >= 4 is 11.8 Å². The molecule has 2 nitrogen and oxygen atoms in total. The summed E-state index contributed by atoms with van der Waals surface area (Å²) in [5.74, 6) is 1.91. The van der Waals surface area contributed by atoms with Gasteiger partial charge in [-0.15, -0.1) is 11.8 Å². The van der Waals surface area contributed by atoms with E-state index in [-0.39, 0.29) is 0 Å². The maximum atomic E-state index is 4.40. The quantitative estimate of drug-likeness (QED) is 0.768. The van der Waals surface area contributed by atoms with Crippen LogP contribution in [0, 0.1) is 5.92 Å². The van der Waals surface area contributed by atoms with Crippen LogP contribution in [-0.4, -0.2) is 17.8 Å². The van der Waals surface area contributed by atoms with E-state index < -0.39 is 0 Å². The third-order valence-electron chi connectivity index (χ3n) is 2.90. The van der Waals surface area contributed by atoms with Gasteiger partial charge in [0.25, 0.3) is 0 Å². The summed E-state index contributed by atoms with van der Waals surface area (Å²) in [7, 11) is 1.98. The van der Waals surface area contributed by atoms with Gasteiger partial charge in [-0.05, 0) is 37.6 Å². The molecule has 2 atom stereocenters. The second-order valence-corrected chi connectivity index (χ2v) is 5.30. The lowest BCUT2D eigenvalue weighted by atomic mass is 10.1. The van der Waals surface area contributed by atoms with Crippen molar-refractivity contribution in [2.45, 2.75) is 38.3 Å². The molecule has 1 aromatic rings. The molecule has 90 valence electrons. The van der Waals surface area contributed by atoms with Crippen LogP contribution in [0.1, 0.15) is 38.8 Å². The van der Waals surface area contributed by atoms with E-state index >= 15 is 0 Å². The molecule has 0 aliphatic rings. The van der Waals surface area contributed by atoms with Gasteiger partial charge in [-0.2, -0.15) is 0 Å². The molecule has 0 radical (unpaired) electrons. The fourth-order valence-corrected chi connectivity index (χ4v) is 2.33. The monoisotopic (exact) mass is 238 g/mol. The van der Waals surface area contributed by atoms with Crippen molar-refractivity contribution in [3.8, 4) is 0 Å². The van der Waals surface area contributed by atoms with Crippen LogP contribution in [0.3, 0.4) is 0 Å². The van der Waals surface area contributed by atoms with E-state index in [9.17, 15) is 0 Å². The molecule has 1 aromatic heterocycles. The first-order valence-electron chi connectivity index (χ1n) is 5.93. The van der Waals surface area contributed by atoms with Gasteiger partial charge < -0.3 is 5.32 Å². The Hall–Kier alpha value is -0.540. The minimum atomic E-state index is 0.394. The molecular weight excluding hydrogens is 216 g/mol. The Kier molecular flexibility index (Phi) is 5.85. The van der Waals surface area contributed by atoms with Gasteiger partial charge in [-0.25, -0.2) is 4.98 Å². The zero-order valence-corrected chi connectivity index (χ0v) is 11.5. The van der Waals surface area contributed by atoms with E-state index in [2.05, 4.69) is 43.2 Å². The maximum Gasteiger partial charge on any atom is 0.0963 e. The van der Waals surface area contributed by atoms with Gasteiger partial charge in [-0.3, -0.25) is 0 Å². The number of nitrogens with one attached hydrogen (secondary N) is 1. The summed E-state index contributed by atoms with van der Waals surface area (Å²) in [6.07, 6.45) is 3.14. The number of pyridine rings is 1. The number of hydrogen-bond donors (Lipinski definition) is 1. The average molecular weight is 238 g/mol. The van der Waals surface area contributed by atoms with Gasteiger partial charge in [0.15, 0.2) is 0 Å². The summed E-state index contributed by atoms with van der Waals surface area (Å²) in [6, 6.07) is 4.66. The van der Waals surface area contributed by atoms with Crippen LogP contribution in [0.25, 0.3) is 0 Å². The molecule has 0 bridgehead atoms. The van der Waals surface area contributed by atoms with Crippen LogP contribution < -0.4 is 5.32 Å². The third kappa shape index (κ3) is 4.14. The number of thioether (sulfide) groups is 1. The lowest BCUT2D eigenvalue weighted by Crippen LogP contribution is -2.12. The summed E-state index contributed by atoms with van der Waals surface area (Å²) in [4.78, 5) is 4.40. The Labute approximate surface area is 103 Å². The van der Waals surface area contributed by atoms with Crippen LogP contribution in [0.4, 0.5) is 0 Å². The number of hydrogen-bond acceptors (Lipinski definition) is 3. The predicted octanol–water partition coefficient (Wildman–Crippen LogP) is 3.50. The summed E-state index contributed by atoms with van der Waals surface area (Å²) in [5.41, 5.74) is 1.31. The number of rotatable bonds is 6. The Balaban J connectivity index is 2.60. The van der Waals surface area contributed by atoms with Crippen molar-refractivity contribution in [3.63, 3.8) is 0 Å². The first kappa shape index (κ1) is 13.5. The van der Waals surface area contributed by atoms with E-state index in [1.807, 2.05) is 25.0 Å². The minimum absolute atomic E-state index is 0.394. The van der Waals surface area contributed by atoms with Crippen LogP contribution in [0.15, 0.2) is 23.4 Å². The summed E-state index contributed by atoms with van der Waals surface area (Å²) in [5, 5.41) is 4.39. The van der Waals surface area contributed by atoms with E-state index in [0.717, 1.165) is 16.7 Å². The third-order valence-corrected chi connectivity index (χ3v) is 4.16. The van der Waals surface area contributed by atoms with Gasteiger partial charge in [-0.1, -0.05) is 20.3 Å². The molecule has 1 N–H and O–H groups in total. The van der Waals surface area contributed by atoms with Gasteiger partial charge in [0.05, 0.1) is 5.03 Å². The average Bonchev–Trinajstić information content (AvgIpc) is 2.35. The van der Waals surface area contributed by atoms with Crippen molar-refractivity contribution in [2.24, 2.45) is 5.92 Å². The standard InChI is InChI=1S/C13H22N2S/c1-5-10(2)9-16-13-8-12(6-7-15-13)11(3)14-4/h6-8,10-11,14H,5,9H2,1-4H3. The largest absolute Gasteiger partial charge is 0.313 e. The molecule has 0 saturated carbocycles. The van der Waals surface area contributed by atoms with Crippen molar-refractivity contribution in [2.75, 3.05) is 12.8 Å². The molecule has 0 aliphatic carbocycles. The van der Waals surface area contributed by atoms with Crippen LogP contribution >= 0.6 is 11.8 Å². The molecule has 0 aromatic carbocycles. The van der Waals surface area contributed by atoms with E-state index in [4.69, 9.17) is 0 Å². The molecule has 16 heavy (non-hydrogen) atoms. The summed E-state index contributed by atoms with van der Waals surface area (Å²) < 4.78 is 0. The minimum Gasteiger partial charge on any atom is -0.313 e.